The molecule has 2 aromatic carbocycles. The van der Waals surface area contributed by atoms with Gasteiger partial charge in [0.15, 0.2) is 0 Å². The highest BCUT2D eigenvalue weighted by Gasteiger charge is 2.26. The number of hydrogen-bond acceptors (Lipinski definition) is 3. The van der Waals surface area contributed by atoms with Crippen LogP contribution in [0.15, 0.2) is 53.4 Å². The van der Waals surface area contributed by atoms with Crippen LogP contribution in [-0.4, -0.2) is 20.4 Å². The van der Waals surface area contributed by atoms with Gasteiger partial charge in [-0.25, -0.2) is 8.42 Å². The van der Waals surface area contributed by atoms with Crippen molar-refractivity contribution < 1.29 is 13.2 Å². The number of carbonyl (C=O) groups excluding carboxylic acids is 1. The molecule has 0 saturated carbocycles. The summed E-state index contributed by atoms with van der Waals surface area (Å²) in [7, 11) is -3.77. The van der Waals surface area contributed by atoms with E-state index in [1.807, 2.05) is 52.0 Å². The van der Waals surface area contributed by atoms with E-state index in [0.717, 1.165) is 16.7 Å². The molecule has 0 aliphatic heterocycles. The lowest BCUT2D eigenvalue weighted by Gasteiger charge is -2.20. The van der Waals surface area contributed by atoms with Crippen LogP contribution in [0.5, 0.6) is 0 Å². The molecule has 6 heteroatoms. The van der Waals surface area contributed by atoms with Crippen LogP contribution in [0.3, 0.4) is 0 Å². The van der Waals surface area contributed by atoms with Gasteiger partial charge >= 0.3 is 0 Å². The fourth-order valence-electron chi connectivity index (χ4n) is 2.67. The molecular formula is C21H28N2O3S. The highest BCUT2D eigenvalue weighted by atomic mass is 32.2. The van der Waals surface area contributed by atoms with Crippen LogP contribution in [0.25, 0.3) is 0 Å². The van der Waals surface area contributed by atoms with Crippen molar-refractivity contribution in [2.45, 2.75) is 51.6 Å². The number of hydrogen-bond donors (Lipinski definition) is 2. The van der Waals surface area contributed by atoms with Crippen LogP contribution >= 0.6 is 0 Å². The lowest BCUT2D eigenvalue weighted by Crippen LogP contribution is -2.47. The maximum absolute atomic E-state index is 12.7. The standard InChI is InChI=1S/C21H28N2O3S/c1-15(2)13-20(21(24)22-14-18-9-5-16(3)6-10-18)23-27(25,26)19-11-7-17(4)8-12-19/h5-12,15,20,23H,13-14H2,1-4H3,(H,22,24)/t20-/m0/s1. The monoisotopic (exact) mass is 388 g/mol. The third-order valence-electron chi connectivity index (χ3n) is 4.24. The number of sulfonamides is 1. The molecule has 146 valence electrons. The second-order valence-corrected chi connectivity index (χ2v) is 9.03. The van der Waals surface area contributed by atoms with E-state index in [1.54, 1.807) is 24.3 Å². The molecule has 0 radical (unpaired) electrons. The van der Waals surface area contributed by atoms with Crippen molar-refractivity contribution in [2.75, 3.05) is 0 Å². The van der Waals surface area contributed by atoms with Gasteiger partial charge in [-0.3, -0.25) is 4.79 Å². The van der Waals surface area contributed by atoms with Crippen molar-refractivity contribution in [3.63, 3.8) is 0 Å². The molecule has 5 nitrogen and oxygen atoms in total. The third kappa shape index (κ3) is 6.48. The Kier molecular flexibility index (Phi) is 7.16. The van der Waals surface area contributed by atoms with Gasteiger partial charge < -0.3 is 5.32 Å². The minimum absolute atomic E-state index is 0.160. The maximum atomic E-state index is 12.7. The van der Waals surface area contributed by atoms with Gasteiger partial charge in [-0.05, 0) is 43.9 Å². The number of carbonyl (C=O) groups is 1. The Bertz CT molecular complexity index is 857. The van der Waals surface area contributed by atoms with Gasteiger partial charge in [0.05, 0.1) is 4.90 Å². The van der Waals surface area contributed by atoms with Crippen molar-refractivity contribution in [1.29, 1.82) is 0 Å². The Hall–Kier alpha value is -2.18. The molecule has 0 aromatic heterocycles. The van der Waals surface area contributed by atoms with Gasteiger partial charge in [-0.2, -0.15) is 4.72 Å². The Morgan fingerprint density at radius 1 is 0.926 bits per heavy atom. The summed E-state index contributed by atoms with van der Waals surface area (Å²) in [5.74, 6) is -0.152. The van der Waals surface area contributed by atoms with E-state index < -0.39 is 16.1 Å². The van der Waals surface area contributed by atoms with E-state index >= 15 is 0 Å². The zero-order chi connectivity index (χ0) is 20.0. The summed E-state index contributed by atoms with van der Waals surface area (Å²) in [6.45, 7) is 8.17. The van der Waals surface area contributed by atoms with Crippen LogP contribution < -0.4 is 10.0 Å². The molecule has 1 amide bonds. The first-order chi connectivity index (χ1) is 12.7. The van der Waals surface area contributed by atoms with E-state index in [1.165, 1.54) is 0 Å². The van der Waals surface area contributed by atoms with Crippen molar-refractivity contribution in [3.05, 3.63) is 65.2 Å². The zero-order valence-electron chi connectivity index (χ0n) is 16.3. The summed E-state index contributed by atoms with van der Waals surface area (Å²) in [5, 5.41) is 2.84. The second kappa shape index (κ2) is 9.15. The molecule has 2 rings (SSSR count). The highest BCUT2D eigenvalue weighted by Crippen LogP contribution is 2.13. The summed E-state index contributed by atoms with van der Waals surface area (Å²) >= 11 is 0. The van der Waals surface area contributed by atoms with Gasteiger partial charge in [0.25, 0.3) is 0 Å². The summed E-state index contributed by atoms with van der Waals surface area (Å²) < 4.78 is 27.9. The van der Waals surface area contributed by atoms with Crippen LogP contribution in [0, 0.1) is 19.8 Å². The minimum atomic E-state index is -3.77. The average molecular weight is 389 g/mol. The van der Waals surface area contributed by atoms with Gasteiger partial charge in [-0.15, -0.1) is 0 Å². The molecule has 0 aliphatic carbocycles. The Morgan fingerprint density at radius 2 is 1.44 bits per heavy atom. The number of rotatable bonds is 8. The largest absolute Gasteiger partial charge is 0.351 e. The second-order valence-electron chi connectivity index (χ2n) is 7.32. The summed E-state index contributed by atoms with van der Waals surface area (Å²) in [6.07, 6.45) is 0.421. The molecule has 27 heavy (non-hydrogen) atoms. The molecule has 0 unspecified atom stereocenters. The summed E-state index contributed by atoms with van der Waals surface area (Å²) in [6, 6.07) is 13.6. The minimum Gasteiger partial charge on any atom is -0.351 e. The van der Waals surface area contributed by atoms with E-state index in [0.29, 0.717) is 13.0 Å². The molecule has 0 spiro atoms. The first-order valence-electron chi connectivity index (χ1n) is 9.09. The molecule has 2 N–H and O–H groups in total. The quantitative estimate of drug-likeness (QED) is 0.728. The SMILES string of the molecule is Cc1ccc(CNC(=O)[C@H](CC(C)C)NS(=O)(=O)c2ccc(C)cc2)cc1. The molecule has 0 heterocycles. The predicted molar refractivity (Wildman–Crippen MR) is 108 cm³/mol. The summed E-state index contributed by atoms with van der Waals surface area (Å²) in [4.78, 5) is 12.8. The van der Waals surface area contributed by atoms with Crippen LogP contribution in [0.1, 0.15) is 37.0 Å². The predicted octanol–water partition coefficient (Wildman–Crippen LogP) is 3.31. The maximum Gasteiger partial charge on any atom is 0.241 e. The third-order valence-corrected chi connectivity index (χ3v) is 5.73. The topological polar surface area (TPSA) is 75.3 Å². The highest BCUT2D eigenvalue weighted by molar-refractivity contribution is 7.89. The van der Waals surface area contributed by atoms with E-state index in [2.05, 4.69) is 10.0 Å². The first-order valence-corrected chi connectivity index (χ1v) is 10.6. The van der Waals surface area contributed by atoms with Crippen LogP contribution in [-0.2, 0) is 21.4 Å². The fourth-order valence-corrected chi connectivity index (χ4v) is 3.88. The van der Waals surface area contributed by atoms with Crippen molar-refractivity contribution in [2.24, 2.45) is 5.92 Å². The van der Waals surface area contributed by atoms with Gasteiger partial charge in [0, 0.05) is 6.54 Å². The molecular weight excluding hydrogens is 360 g/mol. The normalized spacial score (nSPS) is 12.8. The number of nitrogens with one attached hydrogen (secondary N) is 2. The Morgan fingerprint density at radius 3 is 1.96 bits per heavy atom. The molecule has 1 atom stereocenters. The molecule has 0 aliphatic rings. The summed E-state index contributed by atoms with van der Waals surface area (Å²) in [5.41, 5.74) is 3.09. The lowest BCUT2D eigenvalue weighted by atomic mass is 10.0. The van der Waals surface area contributed by atoms with E-state index in [4.69, 9.17) is 0 Å². The number of benzene rings is 2. The van der Waals surface area contributed by atoms with Crippen molar-refractivity contribution in [3.8, 4) is 0 Å². The Labute approximate surface area is 162 Å². The smallest absolute Gasteiger partial charge is 0.241 e. The average Bonchev–Trinajstić information content (AvgIpc) is 2.60. The number of amides is 1. The van der Waals surface area contributed by atoms with E-state index in [-0.39, 0.29) is 16.7 Å². The Balaban J connectivity index is 2.09. The molecule has 2 aromatic rings. The molecule has 0 bridgehead atoms. The van der Waals surface area contributed by atoms with Crippen molar-refractivity contribution in [1.82, 2.24) is 10.0 Å². The van der Waals surface area contributed by atoms with Gasteiger partial charge in [-0.1, -0.05) is 61.4 Å². The van der Waals surface area contributed by atoms with Gasteiger partial charge in [0.1, 0.15) is 6.04 Å². The van der Waals surface area contributed by atoms with Crippen LogP contribution in [0.2, 0.25) is 0 Å². The molecule has 0 saturated heterocycles. The van der Waals surface area contributed by atoms with Crippen molar-refractivity contribution >= 4 is 15.9 Å². The number of aryl methyl sites for hydroxylation is 2. The first kappa shape index (κ1) is 21.1. The van der Waals surface area contributed by atoms with E-state index in [9.17, 15) is 13.2 Å². The van der Waals surface area contributed by atoms with Crippen LogP contribution in [0.4, 0.5) is 0 Å². The zero-order valence-corrected chi connectivity index (χ0v) is 17.1. The van der Waals surface area contributed by atoms with Gasteiger partial charge in [0.2, 0.25) is 15.9 Å². The lowest BCUT2D eigenvalue weighted by molar-refractivity contribution is -0.123. The fraction of sp³-hybridized carbons (Fsp3) is 0.381. The molecule has 0 fully saturated rings.